The number of hydrogen-bond acceptors (Lipinski definition) is 6. The molecule has 0 aliphatic heterocycles. The molecule has 4 N–H and O–H groups in total. The normalized spacial score (nSPS) is 15.3. The third-order valence-electron chi connectivity index (χ3n) is 2.73. The first kappa shape index (κ1) is 14.1. The molecule has 1 fully saturated rings. The van der Waals surface area contributed by atoms with E-state index >= 15 is 0 Å². The highest BCUT2D eigenvalue weighted by molar-refractivity contribution is 7.91. The second-order valence-electron chi connectivity index (χ2n) is 4.55. The fourth-order valence-electron chi connectivity index (χ4n) is 1.71. The molecule has 0 radical (unpaired) electrons. The minimum absolute atomic E-state index is 0.0431. The van der Waals surface area contributed by atoms with Crippen LogP contribution in [0.15, 0.2) is 4.90 Å². The van der Waals surface area contributed by atoms with Gasteiger partial charge in [0.2, 0.25) is 0 Å². The summed E-state index contributed by atoms with van der Waals surface area (Å²) in [7, 11) is -3.47. The molecule has 2 rings (SSSR count). The lowest BCUT2D eigenvalue weighted by Gasteiger charge is -2.04. The van der Waals surface area contributed by atoms with Gasteiger partial charge in [-0.3, -0.25) is 4.79 Å². The van der Waals surface area contributed by atoms with E-state index in [4.69, 9.17) is 5.73 Å². The van der Waals surface area contributed by atoms with Crippen LogP contribution in [0.2, 0.25) is 0 Å². The van der Waals surface area contributed by atoms with Gasteiger partial charge in [0.1, 0.15) is 14.8 Å². The summed E-state index contributed by atoms with van der Waals surface area (Å²) in [6.45, 7) is 2.26. The van der Waals surface area contributed by atoms with Crippen LogP contribution in [0.25, 0.3) is 0 Å². The van der Waals surface area contributed by atoms with E-state index in [1.165, 1.54) is 0 Å². The molecular formula is C11H17N3O3S2. The molecule has 19 heavy (non-hydrogen) atoms. The molecule has 1 heterocycles. The third kappa shape index (κ3) is 3.01. The molecule has 106 valence electrons. The fraction of sp³-hybridized carbons (Fsp3) is 0.545. The van der Waals surface area contributed by atoms with Crippen LogP contribution in [-0.4, -0.2) is 33.2 Å². The highest BCUT2D eigenvalue weighted by atomic mass is 32.2. The Morgan fingerprint density at radius 2 is 2.11 bits per heavy atom. The second-order valence-corrected chi connectivity index (χ2v) is 7.53. The predicted octanol–water partition coefficient (Wildman–Crippen LogP) is 1.06. The molecule has 0 unspecified atom stereocenters. The van der Waals surface area contributed by atoms with E-state index in [0.29, 0.717) is 17.6 Å². The maximum atomic E-state index is 11.9. The van der Waals surface area contributed by atoms with Crippen LogP contribution in [0.5, 0.6) is 0 Å². The smallest absolute Gasteiger partial charge is 0.263 e. The van der Waals surface area contributed by atoms with Crippen molar-refractivity contribution in [3.05, 3.63) is 4.88 Å². The number of amides is 1. The summed E-state index contributed by atoms with van der Waals surface area (Å²) in [5, 5.41) is 6.24. The SMILES string of the molecule is CCNC(=O)c1sc(NC2CC2)c(S(C)(=O)=O)c1N. The summed E-state index contributed by atoms with van der Waals surface area (Å²) >= 11 is 1.10. The maximum Gasteiger partial charge on any atom is 0.263 e. The number of sulfone groups is 1. The fourth-order valence-corrected chi connectivity index (χ4v) is 4.26. The zero-order chi connectivity index (χ0) is 14.2. The number of carbonyl (C=O) groups excluding carboxylic acids is 1. The molecule has 0 atom stereocenters. The highest BCUT2D eigenvalue weighted by Gasteiger charge is 2.30. The summed E-state index contributed by atoms with van der Waals surface area (Å²) in [4.78, 5) is 12.2. The topological polar surface area (TPSA) is 101 Å². The van der Waals surface area contributed by atoms with Gasteiger partial charge in [-0.15, -0.1) is 11.3 Å². The van der Waals surface area contributed by atoms with Gasteiger partial charge >= 0.3 is 0 Å². The highest BCUT2D eigenvalue weighted by Crippen LogP contribution is 2.41. The molecule has 6 nitrogen and oxygen atoms in total. The van der Waals surface area contributed by atoms with E-state index in [9.17, 15) is 13.2 Å². The number of nitrogen functional groups attached to an aromatic ring is 1. The summed E-state index contributed by atoms with van der Waals surface area (Å²) in [6, 6.07) is 0.292. The van der Waals surface area contributed by atoms with Gasteiger partial charge in [-0.1, -0.05) is 0 Å². The third-order valence-corrected chi connectivity index (χ3v) is 5.16. The summed E-state index contributed by atoms with van der Waals surface area (Å²) in [6.07, 6.45) is 3.12. The average molecular weight is 303 g/mol. The molecule has 0 aromatic carbocycles. The summed E-state index contributed by atoms with van der Waals surface area (Å²) < 4.78 is 23.7. The van der Waals surface area contributed by atoms with Crippen LogP contribution >= 0.6 is 11.3 Å². The van der Waals surface area contributed by atoms with Crippen LogP contribution in [0.3, 0.4) is 0 Å². The quantitative estimate of drug-likeness (QED) is 0.755. The van der Waals surface area contributed by atoms with Crippen molar-refractivity contribution in [2.24, 2.45) is 0 Å². The lowest BCUT2D eigenvalue weighted by Crippen LogP contribution is -2.22. The van der Waals surface area contributed by atoms with Crippen molar-refractivity contribution in [2.75, 3.05) is 23.9 Å². The van der Waals surface area contributed by atoms with Crippen molar-refractivity contribution < 1.29 is 13.2 Å². The molecule has 0 saturated heterocycles. The Morgan fingerprint density at radius 3 is 2.58 bits per heavy atom. The van der Waals surface area contributed by atoms with Crippen LogP contribution < -0.4 is 16.4 Å². The minimum atomic E-state index is -3.47. The van der Waals surface area contributed by atoms with Gasteiger partial charge in [0.05, 0.1) is 5.69 Å². The zero-order valence-electron chi connectivity index (χ0n) is 10.8. The first-order valence-electron chi connectivity index (χ1n) is 6.01. The van der Waals surface area contributed by atoms with Crippen LogP contribution in [0, 0.1) is 0 Å². The Hall–Kier alpha value is -1.28. The number of anilines is 2. The molecule has 1 aliphatic carbocycles. The Labute approximate surface area is 116 Å². The van der Waals surface area contributed by atoms with Crippen molar-refractivity contribution in [2.45, 2.75) is 30.7 Å². The number of nitrogens with two attached hydrogens (primary N) is 1. The average Bonchev–Trinajstić information content (AvgIpc) is 3.01. The van der Waals surface area contributed by atoms with E-state index < -0.39 is 9.84 Å². The minimum Gasteiger partial charge on any atom is -0.396 e. The Balaban J connectivity index is 2.46. The monoisotopic (exact) mass is 303 g/mol. The first-order valence-corrected chi connectivity index (χ1v) is 8.72. The molecule has 0 bridgehead atoms. The van der Waals surface area contributed by atoms with Crippen LogP contribution in [0.1, 0.15) is 29.4 Å². The van der Waals surface area contributed by atoms with Gasteiger partial charge in [0, 0.05) is 18.8 Å². The Morgan fingerprint density at radius 1 is 1.47 bits per heavy atom. The predicted molar refractivity (Wildman–Crippen MR) is 76.5 cm³/mol. The van der Waals surface area contributed by atoms with E-state index in [0.717, 1.165) is 30.4 Å². The maximum absolute atomic E-state index is 11.9. The van der Waals surface area contributed by atoms with E-state index in [-0.39, 0.29) is 21.4 Å². The number of rotatable bonds is 5. The van der Waals surface area contributed by atoms with Crippen LogP contribution in [0.4, 0.5) is 10.7 Å². The van der Waals surface area contributed by atoms with Gasteiger partial charge in [0.25, 0.3) is 5.91 Å². The van der Waals surface area contributed by atoms with Gasteiger partial charge in [-0.2, -0.15) is 0 Å². The number of thiophene rings is 1. The van der Waals surface area contributed by atoms with Crippen molar-refractivity contribution in [1.82, 2.24) is 5.32 Å². The molecule has 1 amide bonds. The standard InChI is InChI=1S/C11H17N3O3S2/c1-3-13-10(15)8-7(12)9(19(2,16)17)11(18-8)14-6-4-5-6/h6,14H,3-5,12H2,1-2H3,(H,13,15). The lowest BCUT2D eigenvalue weighted by molar-refractivity contribution is 0.0960. The zero-order valence-corrected chi connectivity index (χ0v) is 12.5. The first-order chi connectivity index (χ1) is 8.84. The summed E-state index contributed by atoms with van der Waals surface area (Å²) in [5.41, 5.74) is 5.89. The van der Waals surface area contributed by atoms with Crippen molar-refractivity contribution >= 4 is 37.8 Å². The van der Waals surface area contributed by atoms with E-state index in [1.54, 1.807) is 6.92 Å². The van der Waals surface area contributed by atoms with Crippen molar-refractivity contribution in [3.63, 3.8) is 0 Å². The number of nitrogens with one attached hydrogen (secondary N) is 2. The summed E-state index contributed by atoms with van der Waals surface area (Å²) in [5.74, 6) is -0.334. The van der Waals surface area contributed by atoms with Gasteiger partial charge < -0.3 is 16.4 Å². The molecular weight excluding hydrogens is 286 g/mol. The largest absolute Gasteiger partial charge is 0.396 e. The van der Waals surface area contributed by atoms with E-state index in [2.05, 4.69) is 10.6 Å². The van der Waals surface area contributed by atoms with Gasteiger partial charge in [0.15, 0.2) is 9.84 Å². The molecule has 1 aromatic heterocycles. The second kappa shape index (κ2) is 5.01. The Bertz CT molecular complexity index is 603. The molecule has 8 heteroatoms. The Kier molecular flexibility index (Phi) is 3.73. The van der Waals surface area contributed by atoms with Gasteiger partial charge in [-0.25, -0.2) is 8.42 Å². The lowest BCUT2D eigenvalue weighted by atomic mass is 10.3. The molecule has 1 aliphatic rings. The number of carbonyl (C=O) groups is 1. The van der Waals surface area contributed by atoms with Crippen LogP contribution in [-0.2, 0) is 9.84 Å². The molecule has 1 aromatic rings. The molecule has 1 saturated carbocycles. The van der Waals surface area contributed by atoms with Crippen molar-refractivity contribution in [3.8, 4) is 0 Å². The number of hydrogen-bond donors (Lipinski definition) is 3. The van der Waals surface area contributed by atoms with Gasteiger partial charge in [-0.05, 0) is 19.8 Å². The van der Waals surface area contributed by atoms with Crippen molar-refractivity contribution in [1.29, 1.82) is 0 Å². The van der Waals surface area contributed by atoms with E-state index in [1.807, 2.05) is 0 Å². The molecule has 0 spiro atoms.